The molecule has 4 nitrogen and oxygen atoms in total. The average Bonchev–Trinajstić information content (AvgIpc) is 2.74. The Labute approximate surface area is 126 Å². The number of fused-ring (bicyclic) bond motifs is 1. The third-order valence-corrected chi connectivity index (χ3v) is 5.94. The van der Waals surface area contributed by atoms with Crippen molar-refractivity contribution in [2.45, 2.75) is 51.3 Å². The zero-order valence-electron chi connectivity index (χ0n) is 13.1. The Morgan fingerprint density at radius 3 is 2.33 bits per heavy atom. The Morgan fingerprint density at radius 1 is 1.14 bits per heavy atom. The van der Waals surface area contributed by atoms with Crippen molar-refractivity contribution in [3.63, 3.8) is 0 Å². The van der Waals surface area contributed by atoms with Gasteiger partial charge in [0.1, 0.15) is 0 Å². The molecule has 0 aliphatic rings. The van der Waals surface area contributed by atoms with Gasteiger partial charge in [0.15, 0.2) is 9.84 Å². The van der Waals surface area contributed by atoms with Gasteiger partial charge < -0.3 is 10.3 Å². The summed E-state index contributed by atoms with van der Waals surface area (Å²) in [5, 5.41) is 0.700. The summed E-state index contributed by atoms with van der Waals surface area (Å²) in [6.45, 7) is 8.08. The zero-order chi connectivity index (χ0) is 15.8. The maximum atomic E-state index is 12.2. The molecule has 0 aliphatic carbocycles. The lowest BCUT2D eigenvalue weighted by molar-refractivity contribution is 0.574. The van der Waals surface area contributed by atoms with E-state index in [1.807, 2.05) is 18.2 Å². The molecule has 2 aromatic rings. The highest BCUT2D eigenvalue weighted by atomic mass is 32.2. The normalized spacial score (nSPS) is 12.7. The van der Waals surface area contributed by atoms with E-state index in [1.165, 1.54) is 0 Å². The highest BCUT2D eigenvalue weighted by Gasteiger charge is 2.21. The summed E-state index contributed by atoms with van der Waals surface area (Å²) in [5.74, 6) is 0.0789. The van der Waals surface area contributed by atoms with Crippen molar-refractivity contribution in [1.82, 2.24) is 4.57 Å². The molecule has 1 aromatic carbocycles. The largest absolute Gasteiger partial charge is 0.341 e. The van der Waals surface area contributed by atoms with E-state index in [2.05, 4.69) is 24.5 Å². The Kier molecular flexibility index (Phi) is 4.44. The molecule has 0 amide bonds. The fourth-order valence-corrected chi connectivity index (χ4v) is 3.51. The minimum Gasteiger partial charge on any atom is -0.341 e. The smallest absolute Gasteiger partial charge is 0.158 e. The van der Waals surface area contributed by atoms with Crippen LogP contribution >= 0.6 is 0 Å². The van der Waals surface area contributed by atoms with Crippen LogP contribution in [0.25, 0.3) is 10.9 Å². The second-order valence-corrected chi connectivity index (χ2v) is 8.61. The number of rotatable bonds is 5. The van der Waals surface area contributed by atoms with Crippen LogP contribution in [0.3, 0.4) is 0 Å². The Morgan fingerprint density at radius 2 is 1.81 bits per heavy atom. The second-order valence-electron chi connectivity index (χ2n) is 6.05. The Hall–Kier alpha value is -1.33. The van der Waals surface area contributed by atoms with E-state index in [0.717, 1.165) is 22.2 Å². The van der Waals surface area contributed by atoms with E-state index in [-0.39, 0.29) is 17.0 Å². The molecular formula is C16H24N2O2S. The van der Waals surface area contributed by atoms with Gasteiger partial charge in [0.25, 0.3) is 0 Å². The van der Waals surface area contributed by atoms with Crippen molar-refractivity contribution in [2.75, 3.05) is 0 Å². The zero-order valence-corrected chi connectivity index (χ0v) is 13.9. The molecule has 21 heavy (non-hydrogen) atoms. The first-order chi connectivity index (χ1) is 9.76. The fraction of sp³-hybridized carbons (Fsp3) is 0.500. The molecule has 0 fully saturated rings. The second kappa shape index (κ2) is 5.81. The lowest BCUT2D eigenvalue weighted by Gasteiger charge is -2.16. The molecule has 5 heteroatoms. The Balaban J connectivity index is 2.61. The molecule has 2 rings (SSSR count). The van der Waals surface area contributed by atoms with Gasteiger partial charge in [0.2, 0.25) is 0 Å². The number of nitrogens with two attached hydrogens (primary N) is 1. The van der Waals surface area contributed by atoms with E-state index in [4.69, 9.17) is 5.73 Å². The van der Waals surface area contributed by atoms with Crippen LogP contribution < -0.4 is 5.73 Å². The van der Waals surface area contributed by atoms with Gasteiger partial charge in [-0.15, -0.1) is 0 Å². The van der Waals surface area contributed by atoms with Gasteiger partial charge in [-0.1, -0.05) is 12.1 Å². The first-order valence-corrected chi connectivity index (χ1v) is 9.02. The van der Waals surface area contributed by atoms with Crippen LogP contribution in [0.15, 0.2) is 24.3 Å². The van der Waals surface area contributed by atoms with Gasteiger partial charge in [0, 0.05) is 23.8 Å². The Bertz CT molecular complexity index is 743. The fourth-order valence-electron chi connectivity index (χ4n) is 2.54. The van der Waals surface area contributed by atoms with Gasteiger partial charge in [-0.05, 0) is 50.8 Å². The molecule has 0 saturated heterocycles. The monoisotopic (exact) mass is 308 g/mol. The highest BCUT2D eigenvalue weighted by molar-refractivity contribution is 7.91. The van der Waals surface area contributed by atoms with Crippen LogP contribution in [-0.2, 0) is 22.1 Å². The number of hydrogen-bond acceptors (Lipinski definition) is 3. The third-order valence-electron chi connectivity index (χ3n) is 3.81. The molecular weight excluding hydrogens is 284 g/mol. The van der Waals surface area contributed by atoms with Crippen molar-refractivity contribution >= 4 is 20.7 Å². The van der Waals surface area contributed by atoms with Gasteiger partial charge in [-0.3, -0.25) is 0 Å². The summed E-state index contributed by atoms with van der Waals surface area (Å²) >= 11 is 0. The number of nitrogens with zero attached hydrogens (tertiary/aromatic N) is 1. The van der Waals surface area contributed by atoms with Crippen LogP contribution in [0.2, 0.25) is 0 Å². The van der Waals surface area contributed by atoms with Crippen LogP contribution in [0.5, 0.6) is 0 Å². The summed E-state index contributed by atoms with van der Waals surface area (Å²) in [4.78, 5) is 0. The molecule has 0 spiro atoms. The lowest BCUT2D eigenvalue weighted by Crippen LogP contribution is -2.18. The molecule has 0 atom stereocenters. The van der Waals surface area contributed by atoms with Crippen molar-refractivity contribution in [3.05, 3.63) is 35.5 Å². The number of aromatic nitrogens is 1. The number of sulfone groups is 1. The van der Waals surface area contributed by atoms with Crippen LogP contribution in [-0.4, -0.2) is 18.2 Å². The van der Waals surface area contributed by atoms with Crippen molar-refractivity contribution in [2.24, 2.45) is 5.73 Å². The summed E-state index contributed by atoms with van der Waals surface area (Å²) in [5.41, 5.74) is 8.67. The summed E-state index contributed by atoms with van der Waals surface area (Å²) in [6, 6.07) is 8.25. The molecule has 0 radical (unpaired) electrons. The van der Waals surface area contributed by atoms with Crippen LogP contribution in [0.4, 0.5) is 0 Å². The first kappa shape index (κ1) is 16.0. The predicted molar refractivity (Wildman–Crippen MR) is 88.0 cm³/mol. The summed E-state index contributed by atoms with van der Waals surface area (Å²) in [7, 11) is -3.12. The van der Waals surface area contributed by atoms with Gasteiger partial charge in [-0.2, -0.15) is 0 Å². The van der Waals surface area contributed by atoms with Crippen molar-refractivity contribution < 1.29 is 8.42 Å². The molecule has 1 aromatic heterocycles. The quantitative estimate of drug-likeness (QED) is 0.923. The number of hydrogen-bond donors (Lipinski definition) is 1. The van der Waals surface area contributed by atoms with Gasteiger partial charge >= 0.3 is 0 Å². The molecule has 0 bridgehead atoms. The van der Waals surface area contributed by atoms with E-state index in [9.17, 15) is 8.42 Å². The van der Waals surface area contributed by atoms with Gasteiger partial charge in [0.05, 0.1) is 11.0 Å². The highest BCUT2D eigenvalue weighted by Crippen LogP contribution is 2.27. The molecule has 1 heterocycles. The lowest BCUT2D eigenvalue weighted by atomic mass is 10.1. The standard InChI is InChI=1S/C16H24N2O2S/c1-11(2)18-15(10-21(19,20)12(3)4)8-14-6-5-13(9-17)7-16(14)18/h5-8,11-12H,9-10,17H2,1-4H3. The van der Waals surface area contributed by atoms with Crippen molar-refractivity contribution in [1.29, 1.82) is 0 Å². The van der Waals surface area contributed by atoms with E-state index >= 15 is 0 Å². The molecule has 0 saturated carbocycles. The maximum Gasteiger partial charge on any atom is 0.158 e. The molecule has 2 N–H and O–H groups in total. The minimum atomic E-state index is -3.12. The first-order valence-electron chi connectivity index (χ1n) is 7.30. The van der Waals surface area contributed by atoms with E-state index in [0.29, 0.717) is 6.54 Å². The summed E-state index contributed by atoms with van der Waals surface area (Å²) < 4.78 is 26.6. The topological polar surface area (TPSA) is 65.1 Å². The third kappa shape index (κ3) is 3.14. The van der Waals surface area contributed by atoms with Gasteiger partial charge in [-0.25, -0.2) is 8.42 Å². The molecule has 0 aliphatic heterocycles. The minimum absolute atomic E-state index is 0.0789. The average molecular weight is 308 g/mol. The van der Waals surface area contributed by atoms with E-state index in [1.54, 1.807) is 13.8 Å². The molecule has 116 valence electrons. The predicted octanol–water partition coefficient (Wildman–Crippen LogP) is 3.00. The van der Waals surface area contributed by atoms with Crippen LogP contribution in [0.1, 0.15) is 45.0 Å². The summed E-state index contributed by atoms with van der Waals surface area (Å²) in [6.07, 6.45) is 0. The van der Waals surface area contributed by atoms with E-state index < -0.39 is 9.84 Å². The SMILES string of the molecule is CC(C)n1c(CS(=O)(=O)C(C)C)cc2ccc(CN)cc21. The number of benzene rings is 1. The molecule has 0 unspecified atom stereocenters. The van der Waals surface area contributed by atoms with Crippen LogP contribution in [0, 0.1) is 0 Å². The van der Waals surface area contributed by atoms with Crippen molar-refractivity contribution in [3.8, 4) is 0 Å². The maximum absolute atomic E-state index is 12.2.